The molecular formula is C26H36N2O6. The highest BCUT2D eigenvalue weighted by Crippen LogP contribution is 2.25. The molecule has 1 aromatic rings. The number of carbonyl (C=O) groups excluding carboxylic acids is 3. The fourth-order valence-corrected chi connectivity index (χ4v) is 4.51. The van der Waals surface area contributed by atoms with Crippen molar-refractivity contribution in [2.45, 2.75) is 44.6 Å². The van der Waals surface area contributed by atoms with Crippen molar-refractivity contribution in [2.75, 3.05) is 39.5 Å². The maximum atomic E-state index is 13.3. The standard InChI is InChI=1S/C26H36N2O6/c29-14-16-33-15-12-27-24(30)18-21-9-4-5-10-22(17-20-7-2-1-3-8-20)26(32)34-19-23-11-6-13-28(23)25(21)31/h1-5,7-8,21-23,29H,6,9-19H2,(H,27,30)/t21-,22-,23+/m1/s1. The number of aliphatic hydroxyl groups is 1. The third kappa shape index (κ3) is 7.95. The number of ether oxygens (including phenoxy) is 2. The van der Waals surface area contributed by atoms with Gasteiger partial charge in [-0.15, -0.1) is 0 Å². The molecule has 3 rings (SSSR count). The van der Waals surface area contributed by atoms with Crippen LogP contribution in [0.2, 0.25) is 0 Å². The molecule has 2 N–H and O–H groups in total. The van der Waals surface area contributed by atoms with E-state index in [9.17, 15) is 14.4 Å². The summed E-state index contributed by atoms with van der Waals surface area (Å²) in [5.41, 5.74) is 1.08. The molecule has 0 saturated carbocycles. The lowest BCUT2D eigenvalue weighted by Crippen LogP contribution is -2.44. The molecule has 34 heavy (non-hydrogen) atoms. The minimum Gasteiger partial charge on any atom is -0.463 e. The predicted molar refractivity (Wildman–Crippen MR) is 127 cm³/mol. The van der Waals surface area contributed by atoms with Crippen LogP contribution in [0.1, 0.15) is 37.7 Å². The summed E-state index contributed by atoms with van der Waals surface area (Å²) in [5.74, 6) is -1.23. The molecule has 2 aliphatic rings. The van der Waals surface area contributed by atoms with Crippen molar-refractivity contribution in [2.24, 2.45) is 11.8 Å². The van der Waals surface area contributed by atoms with Gasteiger partial charge >= 0.3 is 5.97 Å². The number of benzene rings is 1. The molecule has 1 aromatic carbocycles. The molecule has 3 atom stereocenters. The number of aliphatic hydroxyl groups excluding tert-OH is 1. The molecule has 0 aromatic heterocycles. The first-order chi connectivity index (χ1) is 16.6. The zero-order chi connectivity index (χ0) is 24.2. The fourth-order valence-electron chi connectivity index (χ4n) is 4.51. The highest BCUT2D eigenvalue weighted by molar-refractivity contribution is 5.86. The molecule has 1 fully saturated rings. The smallest absolute Gasteiger partial charge is 0.309 e. The number of amides is 2. The Morgan fingerprint density at radius 1 is 1.12 bits per heavy atom. The van der Waals surface area contributed by atoms with Gasteiger partial charge in [-0.2, -0.15) is 0 Å². The van der Waals surface area contributed by atoms with E-state index in [1.165, 1.54) is 0 Å². The van der Waals surface area contributed by atoms with Gasteiger partial charge in [0.05, 0.1) is 37.7 Å². The van der Waals surface area contributed by atoms with Gasteiger partial charge in [0, 0.05) is 19.5 Å². The Balaban J connectivity index is 1.66. The summed E-state index contributed by atoms with van der Waals surface area (Å²) < 4.78 is 10.8. The fraction of sp³-hybridized carbons (Fsp3) is 0.577. The first-order valence-corrected chi connectivity index (χ1v) is 12.2. The second-order valence-electron chi connectivity index (χ2n) is 8.87. The van der Waals surface area contributed by atoms with Crippen molar-refractivity contribution < 1.29 is 29.0 Å². The number of fused-ring (bicyclic) bond motifs is 1. The molecule has 8 heteroatoms. The van der Waals surface area contributed by atoms with Gasteiger partial charge in [-0.1, -0.05) is 42.5 Å². The molecule has 8 nitrogen and oxygen atoms in total. The van der Waals surface area contributed by atoms with Gasteiger partial charge in [-0.25, -0.2) is 0 Å². The van der Waals surface area contributed by atoms with E-state index in [-0.39, 0.29) is 56.0 Å². The van der Waals surface area contributed by atoms with E-state index in [0.717, 1.165) is 18.4 Å². The average Bonchev–Trinajstić information content (AvgIpc) is 3.31. The summed E-state index contributed by atoms with van der Waals surface area (Å²) in [6.45, 7) is 1.63. The van der Waals surface area contributed by atoms with Crippen molar-refractivity contribution in [1.82, 2.24) is 10.2 Å². The third-order valence-electron chi connectivity index (χ3n) is 6.33. The molecule has 2 aliphatic heterocycles. The SMILES string of the molecule is O=C(C[C@H]1CC=CC[C@H](Cc2ccccc2)C(=O)OC[C@@H]2CCCN2C1=O)NCCOCCO. The first kappa shape index (κ1) is 25.9. The molecule has 0 unspecified atom stereocenters. The number of allylic oxidation sites excluding steroid dienone is 2. The van der Waals surface area contributed by atoms with Crippen LogP contribution in [-0.4, -0.2) is 73.3 Å². The van der Waals surface area contributed by atoms with E-state index < -0.39 is 5.92 Å². The Labute approximate surface area is 201 Å². The molecule has 2 amide bonds. The van der Waals surface area contributed by atoms with Gasteiger partial charge < -0.3 is 24.8 Å². The lowest BCUT2D eigenvalue weighted by Gasteiger charge is -2.29. The number of carbonyl (C=O) groups is 3. The summed E-state index contributed by atoms with van der Waals surface area (Å²) in [4.78, 5) is 40.4. The maximum Gasteiger partial charge on any atom is 0.309 e. The van der Waals surface area contributed by atoms with Crippen molar-refractivity contribution in [3.63, 3.8) is 0 Å². The zero-order valence-corrected chi connectivity index (χ0v) is 19.7. The average molecular weight is 473 g/mol. The Hall–Kier alpha value is -2.71. The van der Waals surface area contributed by atoms with Crippen LogP contribution in [0.25, 0.3) is 0 Å². The van der Waals surface area contributed by atoms with E-state index >= 15 is 0 Å². The Bertz CT molecular complexity index is 828. The number of nitrogens with one attached hydrogen (secondary N) is 1. The van der Waals surface area contributed by atoms with E-state index in [4.69, 9.17) is 14.6 Å². The van der Waals surface area contributed by atoms with Crippen molar-refractivity contribution in [3.05, 3.63) is 48.0 Å². The molecule has 2 heterocycles. The van der Waals surface area contributed by atoms with E-state index in [1.54, 1.807) is 4.90 Å². The maximum absolute atomic E-state index is 13.3. The topological polar surface area (TPSA) is 105 Å². The van der Waals surface area contributed by atoms with Gasteiger partial charge in [0.25, 0.3) is 0 Å². The molecule has 186 valence electrons. The number of nitrogens with zero attached hydrogens (tertiary/aromatic N) is 1. The Kier molecular flexibility index (Phi) is 10.6. The summed E-state index contributed by atoms with van der Waals surface area (Å²) in [5, 5.41) is 11.5. The van der Waals surface area contributed by atoms with E-state index in [2.05, 4.69) is 5.32 Å². The minimum absolute atomic E-state index is 0.0590. The van der Waals surface area contributed by atoms with Crippen LogP contribution in [0.4, 0.5) is 0 Å². The van der Waals surface area contributed by atoms with Crippen molar-refractivity contribution in [1.29, 1.82) is 0 Å². The van der Waals surface area contributed by atoms with E-state index in [1.807, 2.05) is 42.5 Å². The third-order valence-corrected chi connectivity index (χ3v) is 6.33. The van der Waals surface area contributed by atoms with Crippen LogP contribution in [0.5, 0.6) is 0 Å². The molecule has 0 aliphatic carbocycles. The summed E-state index contributed by atoms with van der Waals surface area (Å²) in [6, 6.07) is 9.74. The quantitative estimate of drug-likeness (QED) is 0.323. The first-order valence-electron chi connectivity index (χ1n) is 12.2. The van der Waals surface area contributed by atoms with Crippen LogP contribution >= 0.6 is 0 Å². The highest BCUT2D eigenvalue weighted by Gasteiger charge is 2.35. The van der Waals surface area contributed by atoms with Gasteiger partial charge in [-0.3, -0.25) is 14.4 Å². The lowest BCUT2D eigenvalue weighted by atomic mass is 9.94. The summed E-state index contributed by atoms with van der Waals surface area (Å²) >= 11 is 0. The van der Waals surface area contributed by atoms with Crippen molar-refractivity contribution in [3.8, 4) is 0 Å². The Morgan fingerprint density at radius 3 is 2.65 bits per heavy atom. The number of cyclic esters (lactones) is 1. The van der Waals surface area contributed by atoms with Crippen LogP contribution < -0.4 is 5.32 Å². The lowest BCUT2D eigenvalue weighted by molar-refractivity contribution is -0.152. The molecule has 0 spiro atoms. The zero-order valence-electron chi connectivity index (χ0n) is 19.7. The predicted octanol–water partition coefficient (Wildman–Crippen LogP) is 1.86. The normalized spacial score (nSPS) is 23.6. The largest absolute Gasteiger partial charge is 0.463 e. The van der Waals surface area contributed by atoms with Crippen LogP contribution in [0.15, 0.2) is 42.5 Å². The molecule has 0 radical (unpaired) electrons. The number of hydrogen-bond acceptors (Lipinski definition) is 6. The number of hydrogen-bond donors (Lipinski definition) is 2. The second-order valence-corrected chi connectivity index (χ2v) is 8.87. The van der Waals surface area contributed by atoms with Gasteiger partial charge in [0.15, 0.2) is 0 Å². The summed E-state index contributed by atoms with van der Waals surface area (Å²) in [7, 11) is 0. The molecule has 0 bridgehead atoms. The van der Waals surface area contributed by atoms with Gasteiger partial charge in [-0.05, 0) is 37.7 Å². The highest BCUT2D eigenvalue weighted by atomic mass is 16.5. The molecule has 1 saturated heterocycles. The van der Waals surface area contributed by atoms with Gasteiger partial charge in [0.2, 0.25) is 11.8 Å². The van der Waals surface area contributed by atoms with Crippen LogP contribution in [0, 0.1) is 11.8 Å². The van der Waals surface area contributed by atoms with E-state index in [0.29, 0.717) is 39.0 Å². The van der Waals surface area contributed by atoms with Crippen LogP contribution in [0.3, 0.4) is 0 Å². The number of rotatable bonds is 9. The molecular weight excluding hydrogens is 436 g/mol. The Morgan fingerprint density at radius 2 is 1.88 bits per heavy atom. The summed E-state index contributed by atoms with van der Waals surface area (Å²) in [6.07, 6.45) is 7.16. The number of esters is 1. The monoisotopic (exact) mass is 472 g/mol. The minimum atomic E-state index is -0.460. The van der Waals surface area contributed by atoms with Crippen molar-refractivity contribution >= 4 is 17.8 Å². The van der Waals surface area contributed by atoms with Crippen LogP contribution in [-0.2, 0) is 30.3 Å². The van der Waals surface area contributed by atoms with Gasteiger partial charge in [0.1, 0.15) is 6.61 Å². The second kappa shape index (κ2) is 13.9.